The van der Waals surface area contributed by atoms with Crippen LogP contribution in [0.5, 0.6) is 5.75 Å². The van der Waals surface area contributed by atoms with Crippen molar-refractivity contribution in [1.82, 2.24) is 4.57 Å². The van der Waals surface area contributed by atoms with Gasteiger partial charge >= 0.3 is 6.18 Å². The predicted octanol–water partition coefficient (Wildman–Crippen LogP) is 2.39. The molecule has 1 saturated heterocycles. The number of halogens is 4. The first-order valence-corrected chi connectivity index (χ1v) is 9.86. The van der Waals surface area contributed by atoms with Gasteiger partial charge in [0.2, 0.25) is 17.1 Å². The molecular weight excluding hydrogens is 455 g/mol. The Bertz CT molecular complexity index is 1110. The normalized spacial score (nSPS) is 31.1. The second kappa shape index (κ2) is 7.91. The van der Waals surface area contributed by atoms with Gasteiger partial charge < -0.3 is 34.5 Å². The van der Waals surface area contributed by atoms with Crippen molar-refractivity contribution >= 4 is 22.5 Å². The first kappa shape index (κ1) is 22.8. The molecule has 0 amide bonds. The van der Waals surface area contributed by atoms with Crippen LogP contribution in [0.4, 0.5) is 13.2 Å². The van der Waals surface area contributed by atoms with E-state index in [0.29, 0.717) is 0 Å². The summed E-state index contributed by atoms with van der Waals surface area (Å²) in [4.78, 5) is 0. The van der Waals surface area contributed by atoms with Crippen LogP contribution in [0.2, 0.25) is 0 Å². The van der Waals surface area contributed by atoms with Crippen molar-refractivity contribution in [3.63, 3.8) is 0 Å². The van der Waals surface area contributed by atoms with E-state index in [1.165, 1.54) is 24.4 Å². The number of hydrogen-bond donors (Lipinski definition) is 4. The maximum absolute atomic E-state index is 13.0. The number of hydrogen-bond acceptors (Lipinski definition) is 6. The van der Waals surface area contributed by atoms with Crippen molar-refractivity contribution in [3.05, 3.63) is 66.4 Å². The van der Waals surface area contributed by atoms with Crippen LogP contribution in [-0.4, -0.2) is 55.2 Å². The highest BCUT2D eigenvalue weighted by atomic mass is 35.5. The number of ether oxygens (including phenoxy) is 2. The van der Waals surface area contributed by atoms with Crippen LogP contribution in [0.25, 0.3) is 10.9 Å². The Hall–Kier alpha value is -2.34. The molecule has 2 heterocycles. The highest BCUT2D eigenvalue weighted by molar-refractivity contribution is 6.23. The zero-order chi connectivity index (χ0) is 23.3. The summed E-state index contributed by atoms with van der Waals surface area (Å²) in [6, 6.07) is 12.1. The molecule has 1 aliphatic heterocycles. The number of benzene rings is 2. The van der Waals surface area contributed by atoms with Crippen molar-refractivity contribution in [2.24, 2.45) is 0 Å². The summed E-state index contributed by atoms with van der Waals surface area (Å²) < 4.78 is 51.2. The lowest BCUT2D eigenvalue weighted by Crippen LogP contribution is -2.72. The molecule has 0 aliphatic carbocycles. The third-order valence-electron chi connectivity index (χ3n) is 5.43. The first-order valence-electron chi connectivity index (χ1n) is 9.48. The Balaban J connectivity index is 1.75. The Morgan fingerprint density at radius 1 is 1.09 bits per heavy atom. The van der Waals surface area contributed by atoms with Crippen molar-refractivity contribution in [2.45, 2.75) is 35.5 Å². The van der Waals surface area contributed by atoms with E-state index in [4.69, 9.17) is 21.1 Å². The second-order valence-corrected chi connectivity index (χ2v) is 8.05. The molecule has 2 aromatic carbocycles. The molecule has 5 atom stereocenters. The molecule has 0 saturated carbocycles. The quantitative estimate of drug-likeness (QED) is 0.434. The SMILES string of the molecule is OC[C@H]1O[C@H](Oc2ccccc2)[C@](O)(Cl)[C@@H](O)[C@@]1(O)n1ccc2cc(C(F)(F)F)ccc21. The number of aromatic nitrogens is 1. The van der Waals surface area contributed by atoms with Crippen LogP contribution >= 0.6 is 11.6 Å². The van der Waals surface area contributed by atoms with Crippen LogP contribution < -0.4 is 4.74 Å². The molecule has 1 aromatic heterocycles. The van der Waals surface area contributed by atoms with Gasteiger partial charge in [-0.05, 0) is 36.4 Å². The summed E-state index contributed by atoms with van der Waals surface area (Å²) in [6.45, 7) is -0.838. The van der Waals surface area contributed by atoms with E-state index in [-0.39, 0.29) is 16.7 Å². The summed E-state index contributed by atoms with van der Waals surface area (Å²) in [5.41, 5.74) is -3.38. The number of para-hydroxylation sites is 1. The van der Waals surface area contributed by atoms with Crippen LogP contribution in [0.3, 0.4) is 0 Å². The number of nitrogens with zero attached hydrogens (tertiary/aromatic N) is 1. The zero-order valence-corrected chi connectivity index (χ0v) is 17.0. The minimum absolute atomic E-state index is 0.0801. The van der Waals surface area contributed by atoms with Gasteiger partial charge in [0.1, 0.15) is 11.9 Å². The van der Waals surface area contributed by atoms with Gasteiger partial charge in [0.15, 0.2) is 6.10 Å². The largest absolute Gasteiger partial charge is 0.460 e. The fourth-order valence-electron chi connectivity index (χ4n) is 3.78. The molecule has 32 heavy (non-hydrogen) atoms. The second-order valence-electron chi connectivity index (χ2n) is 7.44. The molecule has 4 N–H and O–H groups in total. The lowest BCUT2D eigenvalue weighted by molar-refractivity contribution is -0.352. The maximum Gasteiger partial charge on any atom is 0.416 e. The van der Waals surface area contributed by atoms with Gasteiger partial charge in [-0.2, -0.15) is 13.2 Å². The maximum atomic E-state index is 13.0. The van der Waals surface area contributed by atoms with E-state index in [2.05, 4.69) is 0 Å². The third-order valence-corrected chi connectivity index (χ3v) is 5.82. The van der Waals surface area contributed by atoms with Gasteiger partial charge in [0.05, 0.1) is 17.7 Å². The molecule has 1 fully saturated rings. The predicted molar refractivity (Wildman–Crippen MR) is 107 cm³/mol. The number of fused-ring (bicyclic) bond motifs is 1. The highest BCUT2D eigenvalue weighted by Crippen LogP contribution is 2.44. The molecule has 0 spiro atoms. The Kier molecular flexibility index (Phi) is 5.64. The van der Waals surface area contributed by atoms with Gasteiger partial charge in [0.25, 0.3) is 0 Å². The van der Waals surface area contributed by atoms with Gasteiger partial charge in [-0.1, -0.05) is 29.8 Å². The number of alkyl halides is 4. The highest BCUT2D eigenvalue weighted by Gasteiger charge is 2.64. The van der Waals surface area contributed by atoms with Gasteiger partial charge in [-0.25, -0.2) is 0 Å². The minimum atomic E-state index is -4.58. The summed E-state index contributed by atoms with van der Waals surface area (Å²) in [7, 11) is 0. The first-order chi connectivity index (χ1) is 15.0. The molecular formula is C21H19ClF3NO6. The molecule has 4 rings (SSSR count). The summed E-state index contributed by atoms with van der Waals surface area (Å²) in [6.07, 6.45) is -8.83. The van der Waals surface area contributed by atoms with Crippen molar-refractivity contribution < 1.29 is 43.1 Å². The summed E-state index contributed by atoms with van der Waals surface area (Å²) in [5, 5.41) is 40.4. The van der Waals surface area contributed by atoms with E-state index in [0.717, 1.165) is 22.8 Å². The third kappa shape index (κ3) is 3.62. The van der Waals surface area contributed by atoms with E-state index >= 15 is 0 Å². The fraction of sp³-hybridized carbons (Fsp3) is 0.333. The monoisotopic (exact) mass is 473 g/mol. The van der Waals surface area contributed by atoms with E-state index in [9.17, 15) is 33.6 Å². The van der Waals surface area contributed by atoms with Gasteiger partial charge in [-0.15, -0.1) is 0 Å². The molecule has 0 bridgehead atoms. The molecule has 0 radical (unpaired) electrons. The minimum Gasteiger partial charge on any atom is -0.460 e. The topological polar surface area (TPSA) is 104 Å². The van der Waals surface area contributed by atoms with Crippen LogP contribution in [0.1, 0.15) is 5.56 Å². The molecule has 0 unspecified atom stereocenters. The van der Waals surface area contributed by atoms with E-state index in [1.807, 2.05) is 0 Å². The van der Waals surface area contributed by atoms with Crippen LogP contribution in [-0.2, 0) is 16.6 Å². The standard InChI is InChI=1S/C21H19ClF3NO6/c22-19(29)17(28)20(30,16(11-27)32-18(19)31-14-4-2-1-3-5-14)26-9-8-12-10-13(21(23,24)25)6-7-15(12)26/h1-10,16-18,27-30H,11H2/t16-,17-,18+,19+,20-/m1/s1. The smallest absolute Gasteiger partial charge is 0.416 e. The summed E-state index contributed by atoms with van der Waals surface area (Å²) in [5.74, 6) is 0.233. The van der Waals surface area contributed by atoms with Crippen molar-refractivity contribution in [3.8, 4) is 5.75 Å². The lowest BCUT2D eigenvalue weighted by atomic mass is 9.90. The van der Waals surface area contributed by atoms with E-state index < -0.39 is 47.6 Å². The van der Waals surface area contributed by atoms with Gasteiger partial charge in [-0.3, -0.25) is 0 Å². The van der Waals surface area contributed by atoms with Crippen molar-refractivity contribution in [1.29, 1.82) is 0 Å². The number of rotatable bonds is 4. The van der Waals surface area contributed by atoms with Crippen molar-refractivity contribution in [2.75, 3.05) is 6.61 Å². The Morgan fingerprint density at radius 3 is 2.41 bits per heavy atom. The average Bonchev–Trinajstić information content (AvgIpc) is 3.18. The molecule has 1 aliphatic rings. The summed E-state index contributed by atoms with van der Waals surface area (Å²) >= 11 is 6.15. The van der Waals surface area contributed by atoms with Gasteiger partial charge in [0, 0.05) is 11.6 Å². The average molecular weight is 474 g/mol. The van der Waals surface area contributed by atoms with Crippen LogP contribution in [0, 0.1) is 0 Å². The molecule has 172 valence electrons. The lowest BCUT2D eigenvalue weighted by Gasteiger charge is -2.51. The van der Waals surface area contributed by atoms with Crippen LogP contribution in [0.15, 0.2) is 60.8 Å². The Labute approximate surface area is 184 Å². The number of aliphatic hydroxyl groups excluding tert-OH is 2. The Morgan fingerprint density at radius 2 is 1.78 bits per heavy atom. The van der Waals surface area contributed by atoms with E-state index in [1.54, 1.807) is 18.2 Å². The number of aliphatic hydroxyl groups is 4. The molecule has 7 nitrogen and oxygen atoms in total. The molecule has 11 heteroatoms. The molecule has 3 aromatic rings. The zero-order valence-electron chi connectivity index (χ0n) is 16.3. The fourth-order valence-corrected chi connectivity index (χ4v) is 4.03.